The highest BCUT2D eigenvalue weighted by atomic mass is 16.7. The minimum absolute atomic E-state index is 0.249. The standard InChI is InChI=1S/C9H17NO2/c1-10-6-8(7-10)4-9(5-8,11-2)12-3/h4-7H2,1-3H3. The molecule has 1 saturated carbocycles. The van der Waals surface area contributed by atoms with Crippen LogP contribution in [0.4, 0.5) is 0 Å². The van der Waals surface area contributed by atoms with E-state index in [-0.39, 0.29) is 5.79 Å². The molecule has 0 aromatic heterocycles. The molecule has 1 saturated heterocycles. The summed E-state index contributed by atoms with van der Waals surface area (Å²) in [6.07, 6.45) is 2.13. The van der Waals surface area contributed by atoms with Gasteiger partial charge in [-0.05, 0) is 7.05 Å². The molecule has 3 nitrogen and oxygen atoms in total. The summed E-state index contributed by atoms with van der Waals surface area (Å²) >= 11 is 0. The molecule has 3 heteroatoms. The predicted molar refractivity (Wildman–Crippen MR) is 45.9 cm³/mol. The largest absolute Gasteiger partial charge is 0.353 e. The van der Waals surface area contributed by atoms with Crippen LogP contribution < -0.4 is 0 Å². The number of hydrogen-bond donors (Lipinski definition) is 0. The number of rotatable bonds is 2. The van der Waals surface area contributed by atoms with Gasteiger partial charge >= 0.3 is 0 Å². The fourth-order valence-electron chi connectivity index (χ4n) is 2.79. The lowest BCUT2D eigenvalue weighted by atomic mass is 9.60. The van der Waals surface area contributed by atoms with Crippen molar-refractivity contribution >= 4 is 0 Å². The molecule has 0 bridgehead atoms. The van der Waals surface area contributed by atoms with Crippen molar-refractivity contribution < 1.29 is 9.47 Å². The van der Waals surface area contributed by atoms with Gasteiger partial charge in [-0.2, -0.15) is 0 Å². The molecule has 1 aliphatic carbocycles. The van der Waals surface area contributed by atoms with E-state index in [1.54, 1.807) is 14.2 Å². The molecule has 2 fully saturated rings. The molecule has 2 aliphatic rings. The molecule has 0 unspecified atom stereocenters. The third kappa shape index (κ3) is 1.00. The summed E-state index contributed by atoms with van der Waals surface area (Å²) in [5.41, 5.74) is 0.529. The Kier molecular flexibility index (Phi) is 1.72. The minimum Gasteiger partial charge on any atom is -0.353 e. The van der Waals surface area contributed by atoms with Crippen LogP contribution in [0.25, 0.3) is 0 Å². The fraction of sp³-hybridized carbons (Fsp3) is 1.00. The van der Waals surface area contributed by atoms with Crippen LogP contribution in [0.3, 0.4) is 0 Å². The third-order valence-electron chi connectivity index (χ3n) is 3.24. The van der Waals surface area contributed by atoms with Crippen molar-refractivity contribution in [3.8, 4) is 0 Å². The highest BCUT2D eigenvalue weighted by Gasteiger charge is 2.60. The Morgan fingerprint density at radius 3 is 1.92 bits per heavy atom. The zero-order valence-electron chi connectivity index (χ0n) is 8.09. The fourth-order valence-corrected chi connectivity index (χ4v) is 2.79. The third-order valence-corrected chi connectivity index (χ3v) is 3.24. The van der Waals surface area contributed by atoms with E-state index in [4.69, 9.17) is 9.47 Å². The zero-order valence-corrected chi connectivity index (χ0v) is 8.09. The van der Waals surface area contributed by atoms with Gasteiger partial charge in [-0.1, -0.05) is 0 Å². The smallest absolute Gasteiger partial charge is 0.168 e. The Balaban J connectivity index is 1.90. The van der Waals surface area contributed by atoms with Crippen LogP contribution in [0.5, 0.6) is 0 Å². The van der Waals surface area contributed by atoms with E-state index in [0.717, 1.165) is 12.8 Å². The number of nitrogens with zero attached hydrogens (tertiary/aromatic N) is 1. The molecular formula is C9H17NO2. The molecule has 70 valence electrons. The predicted octanol–water partition coefficient (Wildman–Crippen LogP) is 0.701. The second-order valence-electron chi connectivity index (χ2n) is 4.34. The molecule has 1 heterocycles. The van der Waals surface area contributed by atoms with Gasteiger partial charge in [0.2, 0.25) is 0 Å². The average molecular weight is 171 g/mol. The molecule has 0 radical (unpaired) electrons. The monoisotopic (exact) mass is 171 g/mol. The van der Waals surface area contributed by atoms with E-state index in [1.165, 1.54) is 13.1 Å². The Morgan fingerprint density at radius 2 is 1.58 bits per heavy atom. The highest BCUT2D eigenvalue weighted by molar-refractivity contribution is 5.07. The van der Waals surface area contributed by atoms with Crippen molar-refractivity contribution in [3.63, 3.8) is 0 Å². The molecule has 2 rings (SSSR count). The molecule has 1 spiro atoms. The van der Waals surface area contributed by atoms with Crippen molar-refractivity contribution in [1.82, 2.24) is 4.90 Å². The van der Waals surface area contributed by atoms with E-state index < -0.39 is 0 Å². The summed E-state index contributed by atoms with van der Waals surface area (Å²) in [4.78, 5) is 2.34. The van der Waals surface area contributed by atoms with Crippen LogP contribution in [0.1, 0.15) is 12.8 Å². The maximum atomic E-state index is 5.35. The first kappa shape index (κ1) is 8.48. The van der Waals surface area contributed by atoms with Crippen molar-refractivity contribution in [2.75, 3.05) is 34.4 Å². The Hall–Kier alpha value is -0.120. The van der Waals surface area contributed by atoms with Crippen LogP contribution in [0, 0.1) is 5.41 Å². The summed E-state index contributed by atoms with van der Waals surface area (Å²) in [6.45, 7) is 2.42. The summed E-state index contributed by atoms with van der Waals surface area (Å²) < 4.78 is 10.7. The van der Waals surface area contributed by atoms with E-state index in [2.05, 4.69) is 11.9 Å². The van der Waals surface area contributed by atoms with Crippen LogP contribution >= 0.6 is 0 Å². The van der Waals surface area contributed by atoms with Gasteiger partial charge in [-0.3, -0.25) is 0 Å². The molecule has 0 atom stereocenters. The van der Waals surface area contributed by atoms with Gasteiger partial charge in [0, 0.05) is 45.6 Å². The van der Waals surface area contributed by atoms with Gasteiger partial charge in [-0.15, -0.1) is 0 Å². The SMILES string of the molecule is COC1(OC)CC2(CN(C)C2)C1. The van der Waals surface area contributed by atoms with Crippen LogP contribution in [0.2, 0.25) is 0 Å². The molecule has 0 amide bonds. The van der Waals surface area contributed by atoms with Crippen molar-refractivity contribution in [3.05, 3.63) is 0 Å². The Labute approximate surface area is 73.6 Å². The second-order valence-corrected chi connectivity index (χ2v) is 4.34. The van der Waals surface area contributed by atoms with Gasteiger partial charge in [0.1, 0.15) is 0 Å². The topological polar surface area (TPSA) is 21.7 Å². The lowest BCUT2D eigenvalue weighted by Crippen LogP contribution is -2.67. The van der Waals surface area contributed by atoms with Crippen LogP contribution in [-0.4, -0.2) is 45.0 Å². The van der Waals surface area contributed by atoms with E-state index in [1.807, 2.05) is 0 Å². The van der Waals surface area contributed by atoms with Gasteiger partial charge in [0.25, 0.3) is 0 Å². The lowest BCUT2D eigenvalue weighted by Gasteiger charge is -2.62. The maximum absolute atomic E-state index is 5.35. The first-order chi connectivity index (χ1) is 5.64. The molecule has 1 aliphatic heterocycles. The van der Waals surface area contributed by atoms with Crippen LogP contribution in [-0.2, 0) is 9.47 Å². The Bertz CT molecular complexity index is 173. The minimum atomic E-state index is -0.249. The number of ether oxygens (including phenoxy) is 2. The zero-order chi connectivity index (χ0) is 8.82. The van der Waals surface area contributed by atoms with Crippen molar-refractivity contribution in [2.45, 2.75) is 18.6 Å². The first-order valence-electron chi connectivity index (χ1n) is 4.43. The Morgan fingerprint density at radius 1 is 1.08 bits per heavy atom. The number of likely N-dealkylation sites (tertiary alicyclic amines) is 1. The van der Waals surface area contributed by atoms with Crippen LogP contribution in [0.15, 0.2) is 0 Å². The van der Waals surface area contributed by atoms with Crippen molar-refractivity contribution in [1.29, 1.82) is 0 Å². The van der Waals surface area contributed by atoms with Gasteiger partial charge in [-0.25, -0.2) is 0 Å². The van der Waals surface area contributed by atoms with Gasteiger partial charge in [0.05, 0.1) is 0 Å². The van der Waals surface area contributed by atoms with E-state index in [9.17, 15) is 0 Å². The first-order valence-corrected chi connectivity index (χ1v) is 4.43. The number of hydrogen-bond acceptors (Lipinski definition) is 3. The van der Waals surface area contributed by atoms with E-state index >= 15 is 0 Å². The summed E-state index contributed by atoms with van der Waals surface area (Å²) in [5.74, 6) is -0.249. The summed E-state index contributed by atoms with van der Waals surface area (Å²) in [6, 6.07) is 0. The van der Waals surface area contributed by atoms with Crippen molar-refractivity contribution in [2.24, 2.45) is 5.41 Å². The quantitative estimate of drug-likeness (QED) is 0.571. The maximum Gasteiger partial charge on any atom is 0.168 e. The summed E-state index contributed by atoms with van der Waals surface area (Å²) in [5, 5.41) is 0. The molecule has 0 aromatic carbocycles. The molecule has 0 aromatic rings. The van der Waals surface area contributed by atoms with Gasteiger partial charge in [0.15, 0.2) is 5.79 Å². The molecule has 0 N–H and O–H groups in total. The summed E-state index contributed by atoms with van der Waals surface area (Å²) in [7, 11) is 5.63. The normalized spacial score (nSPS) is 31.2. The molecular weight excluding hydrogens is 154 g/mol. The van der Waals surface area contributed by atoms with Gasteiger partial charge < -0.3 is 14.4 Å². The molecule has 12 heavy (non-hydrogen) atoms. The second kappa shape index (κ2) is 2.44. The number of methoxy groups -OCH3 is 2. The highest BCUT2D eigenvalue weighted by Crippen LogP contribution is 2.55. The van der Waals surface area contributed by atoms with E-state index in [0.29, 0.717) is 5.41 Å². The lowest BCUT2D eigenvalue weighted by molar-refractivity contribution is -0.317. The average Bonchev–Trinajstić information content (AvgIpc) is 1.94.